The van der Waals surface area contributed by atoms with E-state index >= 15 is 0 Å². The number of carbonyl (C=O) groups is 1. The summed E-state index contributed by atoms with van der Waals surface area (Å²) in [4.78, 5) is 14.6. The molecule has 1 unspecified atom stereocenters. The summed E-state index contributed by atoms with van der Waals surface area (Å²) in [6.45, 7) is 5.77. The van der Waals surface area contributed by atoms with Gasteiger partial charge in [0.2, 0.25) is 15.9 Å². The quantitative estimate of drug-likeness (QED) is 0.584. The van der Waals surface area contributed by atoms with E-state index in [1.807, 2.05) is 18.2 Å². The molecule has 1 amide bonds. The lowest BCUT2D eigenvalue weighted by atomic mass is 10.1. The zero-order valence-electron chi connectivity index (χ0n) is 16.1. The zero-order valence-corrected chi connectivity index (χ0v) is 18.5. The highest BCUT2D eigenvalue weighted by atomic mass is 79.9. The number of benzene rings is 2. The van der Waals surface area contributed by atoms with Crippen molar-refractivity contribution in [2.75, 3.05) is 18.4 Å². The average Bonchev–Trinajstić information content (AvgIpc) is 2.64. The number of sulfonamides is 1. The third-order valence-electron chi connectivity index (χ3n) is 4.51. The van der Waals surface area contributed by atoms with Crippen LogP contribution in [0.2, 0.25) is 0 Å². The molecule has 2 aromatic rings. The van der Waals surface area contributed by atoms with Crippen LogP contribution in [-0.4, -0.2) is 32.3 Å². The first-order chi connectivity index (χ1) is 13.2. The highest BCUT2D eigenvalue weighted by Gasteiger charge is 2.18. The topological polar surface area (TPSA) is 92.5 Å². The first-order valence-electron chi connectivity index (χ1n) is 9.13. The van der Waals surface area contributed by atoms with Crippen molar-refractivity contribution in [3.63, 3.8) is 0 Å². The van der Waals surface area contributed by atoms with Crippen LogP contribution in [0.15, 0.2) is 57.9 Å². The minimum atomic E-state index is -3.74. The van der Waals surface area contributed by atoms with Crippen LogP contribution in [0.1, 0.15) is 38.3 Å². The summed E-state index contributed by atoms with van der Waals surface area (Å²) < 4.78 is 23.6. The van der Waals surface area contributed by atoms with E-state index in [0.717, 1.165) is 17.4 Å². The molecular formula is C20H26BrN3O3S. The van der Waals surface area contributed by atoms with Crippen LogP contribution >= 0.6 is 15.9 Å². The second-order valence-electron chi connectivity index (χ2n) is 6.60. The highest BCUT2D eigenvalue weighted by molar-refractivity contribution is 9.10. The second kappa shape index (κ2) is 10.2. The van der Waals surface area contributed by atoms with Crippen molar-refractivity contribution in [1.29, 1.82) is 0 Å². The molecule has 152 valence electrons. The maximum Gasteiger partial charge on any atom is 0.238 e. The zero-order chi connectivity index (χ0) is 20.7. The van der Waals surface area contributed by atoms with E-state index in [0.29, 0.717) is 18.7 Å². The monoisotopic (exact) mass is 467 g/mol. The van der Waals surface area contributed by atoms with E-state index in [4.69, 9.17) is 5.14 Å². The van der Waals surface area contributed by atoms with Gasteiger partial charge >= 0.3 is 0 Å². The van der Waals surface area contributed by atoms with Gasteiger partial charge in [0.05, 0.1) is 4.90 Å². The molecule has 0 saturated heterocycles. The van der Waals surface area contributed by atoms with Gasteiger partial charge in [0.1, 0.15) is 0 Å². The van der Waals surface area contributed by atoms with E-state index in [1.165, 1.54) is 29.8 Å². The fourth-order valence-corrected chi connectivity index (χ4v) is 4.13. The predicted octanol–water partition coefficient (Wildman–Crippen LogP) is 3.90. The van der Waals surface area contributed by atoms with Crippen molar-refractivity contribution < 1.29 is 13.2 Å². The summed E-state index contributed by atoms with van der Waals surface area (Å²) in [6.07, 6.45) is 1.33. The van der Waals surface area contributed by atoms with Crippen LogP contribution in [0, 0.1) is 0 Å². The Morgan fingerprint density at radius 2 is 1.79 bits per heavy atom. The van der Waals surface area contributed by atoms with Crippen molar-refractivity contribution in [3.8, 4) is 0 Å². The van der Waals surface area contributed by atoms with Crippen LogP contribution in [-0.2, 0) is 14.8 Å². The molecular weight excluding hydrogens is 442 g/mol. The molecule has 0 aliphatic rings. The number of anilines is 1. The summed E-state index contributed by atoms with van der Waals surface area (Å²) in [5, 5.41) is 7.88. The van der Waals surface area contributed by atoms with Gasteiger partial charge in [0.25, 0.3) is 0 Å². The number of amides is 1. The Hall–Kier alpha value is -1.74. The standard InChI is InChI=1S/C20H26BrN3O3S/c1-3-13-24(15(2)18-6-4-5-7-19(18)21)14-12-20(25)23-16-8-10-17(11-9-16)28(22,26)27/h4-11,15H,3,12-14H2,1-2H3,(H,23,25)(H2,22,26,27). The minimum Gasteiger partial charge on any atom is -0.326 e. The van der Waals surface area contributed by atoms with E-state index < -0.39 is 10.0 Å². The lowest BCUT2D eigenvalue weighted by molar-refractivity contribution is -0.116. The van der Waals surface area contributed by atoms with Crippen molar-refractivity contribution in [2.45, 2.75) is 37.6 Å². The molecule has 0 heterocycles. The molecule has 1 atom stereocenters. The minimum absolute atomic E-state index is 0.0156. The van der Waals surface area contributed by atoms with E-state index in [1.54, 1.807) is 0 Å². The second-order valence-corrected chi connectivity index (χ2v) is 9.02. The van der Waals surface area contributed by atoms with E-state index in [-0.39, 0.29) is 16.8 Å². The smallest absolute Gasteiger partial charge is 0.238 e. The Bertz CT molecular complexity index is 901. The molecule has 0 spiro atoms. The third kappa shape index (κ3) is 6.41. The Kier molecular flexibility index (Phi) is 8.18. The first kappa shape index (κ1) is 22.5. The van der Waals surface area contributed by atoms with Gasteiger partial charge in [0, 0.05) is 29.2 Å². The Morgan fingerprint density at radius 3 is 2.36 bits per heavy atom. The first-order valence-corrected chi connectivity index (χ1v) is 11.5. The molecule has 0 saturated carbocycles. The van der Waals surface area contributed by atoms with Crippen LogP contribution in [0.5, 0.6) is 0 Å². The number of nitrogens with two attached hydrogens (primary N) is 1. The summed E-state index contributed by atoms with van der Waals surface area (Å²) >= 11 is 3.60. The van der Waals surface area contributed by atoms with Crippen molar-refractivity contribution >= 4 is 37.5 Å². The summed E-state index contributed by atoms with van der Waals surface area (Å²) in [6, 6.07) is 14.1. The van der Waals surface area contributed by atoms with Crippen LogP contribution < -0.4 is 10.5 Å². The fourth-order valence-electron chi connectivity index (χ4n) is 2.99. The number of nitrogens with zero attached hydrogens (tertiary/aromatic N) is 1. The number of rotatable bonds is 9. The molecule has 3 N–H and O–H groups in total. The molecule has 2 rings (SSSR count). The van der Waals surface area contributed by atoms with Crippen LogP contribution in [0.4, 0.5) is 5.69 Å². The average molecular weight is 468 g/mol. The lowest BCUT2D eigenvalue weighted by Crippen LogP contribution is -2.31. The molecule has 0 aliphatic carbocycles. The lowest BCUT2D eigenvalue weighted by Gasteiger charge is -2.29. The molecule has 0 fully saturated rings. The van der Waals surface area contributed by atoms with Gasteiger partial charge < -0.3 is 5.32 Å². The van der Waals surface area contributed by atoms with Crippen LogP contribution in [0.3, 0.4) is 0 Å². The molecule has 0 bridgehead atoms. The van der Waals surface area contributed by atoms with Gasteiger partial charge in [-0.3, -0.25) is 9.69 Å². The maximum atomic E-state index is 12.3. The molecule has 2 aromatic carbocycles. The number of hydrogen-bond donors (Lipinski definition) is 2. The summed E-state index contributed by atoms with van der Waals surface area (Å²) in [5.74, 6) is -0.121. The number of primary sulfonamides is 1. The molecule has 28 heavy (non-hydrogen) atoms. The number of halogens is 1. The van der Waals surface area contributed by atoms with E-state index in [2.05, 4.69) is 46.1 Å². The van der Waals surface area contributed by atoms with Gasteiger partial charge in [-0.15, -0.1) is 0 Å². The van der Waals surface area contributed by atoms with Gasteiger partial charge in [-0.1, -0.05) is 41.1 Å². The largest absolute Gasteiger partial charge is 0.326 e. The van der Waals surface area contributed by atoms with Crippen LogP contribution in [0.25, 0.3) is 0 Å². The summed E-state index contributed by atoms with van der Waals surface area (Å²) in [7, 11) is -3.74. The number of nitrogens with one attached hydrogen (secondary N) is 1. The van der Waals surface area contributed by atoms with Crippen molar-refractivity contribution in [1.82, 2.24) is 4.90 Å². The Labute approximate surface area is 175 Å². The fraction of sp³-hybridized carbons (Fsp3) is 0.350. The predicted molar refractivity (Wildman–Crippen MR) is 115 cm³/mol. The number of hydrogen-bond acceptors (Lipinski definition) is 4. The maximum absolute atomic E-state index is 12.3. The summed E-state index contributed by atoms with van der Waals surface area (Å²) in [5.41, 5.74) is 1.73. The molecule has 0 aliphatic heterocycles. The molecule has 0 radical (unpaired) electrons. The van der Waals surface area contributed by atoms with Gasteiger partial charge in [0.15, 0.2) is 0 Å². The normalized spacial score (nSPS) is 12.8. The van der Waals surface area contributed by atoms with Crippen molar-refractivity contribution in [2.24, 2.45) is 5.14 Å². The van der Waals surface area contributed by atoms with Gasteiger partial charge in [-0.25, -0.2) is 13.6 Å². The van der Waals surface area contributed by atoms with E-state index in [9.17, 15) is 13.2 Å². The highest BCUT2D eigenvalue weighted by Crippen LogP contribution is 2.27. The SMILES string of the molecule is CCCN(CCC(=O)Nc1ccc(S(N)(=O)=O)cc1)C(C)c1ccccc1Br. The molecule has 0 aromatic heterocycles. The van der Waals surface area contributed by atoms with Gasteiger partial charge in [-0.05, 0) is 55.8 Å². The third-order valence-corrected chi connectivity index (χ3v) is 6.16. The van der Waals surface area contributed by atoms with Crippen molar-refractivity contribution in [3.05, 3.63) is 58.6 Å². The number of carbonyl (C=O) groups excluding carboxylic acids is 1. The Morgan fingerprint density at radius 1 is 1.14 bits per heavy atom. The molecule has 6 nitrogen and oxygen atoms in total. The van der Waals surface area contributed by atoms with Gasteiger partial charge in [-0.2, -0.15) is 0 Å². The molecule has 8 heteroatoms. The Balaban J connectivity index is 1.97.